The van der Waals surface area contributed by atoms with Gasteiger partial charge in [0.05, 0.1) is 13.7 Å². The second-order valence-corrected chi connectivity index (χ2v) is 5.52. The zero-order valence-corrected chi connectivity index (χ0v) is 13.8. The minimum atomic E-state index is -0.389. The summed E-state index contributed by atoms with van der Waals surface area (Å²) in [6.07, 6.45) is 7.94. The lowest BCUT2D eigenvalue weighted by Gasteiger charge is -2.16. The third kappa shape index (κ3) is 8.15. The van der Waals surface area contributed by atoms with Crippen molar-refractivity contribution in [3.63, 3.8) is 0 Å². The highest BCUT2D eigenvalue weighted by atomic mass is 16.6. The molecule has 0 spiro atoms. The van der Waals surface area contributed by atoms with E-state index >= 15 is 0 Å². The Balaban J connectivity index is 2.24. The standard InChI is InChI=1S/C18H29NO3/c1-3-4-5-6-7-11-14-17(18(20)21-2)19-22-15-16-12-9-8-10-13-16/h8-10,12-13,17,19H,3-7,11,14-15H2,1-2H3/t17-/m1/s1. The first-order chi connectivity index (χ1) is 10.8. The first-order valence-electron chi connectivity index (χ1n) is 8.27. The molecule has 124 valence electrons. The molecule has 1 rings (SSSR count). The van der Waals surface area contributed by atoms with Gasteiger partial charge in [0.2, 0.25) is 0 Å². The van der Waals surface area contributed by atoms with Crippen molar-refractivity contribution in [2.75, 3.05) is 7.11 Å². The molecule has 4 heteroatoms. The van der Waals surface area contributed by atoms with Crippen LogP contribution in [0.3, 0.4) is 0 Å². The van der Waals surface area contributed by atoms with Gasteiger partial charge in [-0.05, 0) is 12.0 Å². The Morgan fingerprint density at radius 1 is 1.09 bits per heavy atom. The summed E-state index contributed by atoms with van der Waals surface area (Å²) in [6, 6.07) is 9.48. The summed E-state index contributed by atoms with van der Waals surface area (Å²) in [5, 5.41) is 0. The van der Waals surface area contributed by atoms with Crippen LogP contribution in [0.25, 0.3) is 0 Å². The normalized spacial score (nSPS) is 12.1. The van der Waals surface area contributed by atoms with E-state index in [1.165, 1.54) is 32.8 Å². The maximum atomic E-state index is 11.8. The largest absolute Gasteiger partial charge is 0.468 e. The Hall–Kier alpha value is -1.39. The molecule has 1 aromatic carbocycles. The highest BCUT2D eigenvalue weighted by Crippen LogP contribution is 2.10. The Bertz CT molecular complexity index is 395. The fraction of sp³-hybridized carbons (Fsp3) is 0.611. The lowest BCUT2D eigenvalue weighted by molar-refractivity contribution is -0.148. The van der Waals surface area contributed by atoms with E-state index in [9.17, 15) is 4.79 Å². The van der Waals surface area contributed by atoms with Crippen LogP contribution in [0.5, 0.6) is 0 Å². The van der Waals surface area contributed by atoms with E-state index < -0.39 is 0 Å². The van der Waals surface area contributed by atoms with Gasteiger partial charge in [-0.1, -0.05) is 75.8 Å². The van der Waals surface area contributed by atoms with Gasteiger partial charge in [-0.3, -0.25) is 9.63 Å². The number of unbranched alkanes of at least 4 members (excludes halogenated alkanes) is 5. The summed E-state index contributed by atoms with van der Waals surface area (Å²) in [7, 11) is 1.41. The van der Waals surface area contributed by atoms with Gasteiger partial charge in [0, 0.05) is 0 Å². The number of hydroxylamine groups is 1. The predicted molar refractivity (Wildman–Crippen MR) is 88.2 cm³/mol. The van der Waals surface area contributed by atoms with Gasteiger partial charge >= 0.3 is 5.97 Å². The van der Waals surface area contributed by atoms with Gasteiger partial charge in [0.25, 0.3) is 0 Å². The Labute approximate surface area is 134 Å². The molecule has 4 nitrogen and oxygen atoms in total. The smallest absolute Gasteiger partial charge is 0.325 e. The van der Waals surface area contributed by atoms with Crippen molar-refractivity contribution >= 4 is 5.97 Å². The SMILES string of the molecule is CCCCCCCC[C@@H](NOCc1ccccc1)C(=O)OC. The molecule has 1 atom stereocenters. The summed E-state index contributed by atoms with van der Waals surface area (Å²) in [5.41, 5.74) is 3.91. The lowest BCUT2D eigenvalue weighted by atomic mass is 10.1. The molecule has 0 amide bonds. The maximum Gasteiger partial charge on any atom is 0.325 e. The first kappa shape index (κ1) is 18.7. The number of carbonyl (C=O) groups is 1. The molecular weight excluding hydrogens is 278 g/mol. The number of carbonyl (C=O) groups excluding carboxylic acids is 1. The molecular formula is C18H29NO3. The van der Waals surface area contributed by atoms with Gasteiger partial charge in [-0.15, -0.1) is 0 Å². The quantitative estimate of drug-likeness (QED) is 0.360. The van der Waals surface area contributed by atoms with Crippen molar-refractivity contribution in [1.29, 1.82) is 0 Å². The van der Waals surface area contributed by atoms with Crippen LogP contribution >= 0.6 is 0 Å². The molecule has 0 unspecified atom stereocenters. The number of benzene rings is 1. The highest BCUT2D eigenvalue weighted by molar-refractivity contribution is 5.75. The molecule has 0 aromatic heterocycles. The molecule has 0 radical (unpaired) electrons. The van der Waals surface area contributed by atoms with Gasteiger partial charge in [-0.25, -0.2) is 0 Å². The molecule has 1 aromatic rings. The average molecular weight is 307 g/mol. The van der Waals surface area contributed by atoms with Crippen LogP contribution in [0.15, 0.2) is 30.3 Å². The van der Waals surface area contributed by atoms with Gasteiger partial charge in [0.15, 0.2) is 0 Å². The molecule has 1 N–H and O–H groups in total. The second-order valence-electron chi connectivity index (χ2n) is 5.52. The summed E-state index contributed by atoms with van der Waals surface area (Å²) in [4.78, 5) is 17.2. The monoisotopic (exact) mass is 307 g/mol. The molecule has 0 bridgehead atoms. The Morgan fingerprint density at radius 3 is 2.45 bits per heavy atom. The third-order valence-electron chi connectivity index (χ3n) is 3.64. The topological polar surface area (TPSA) is 47.6 Å². The number of rotatable bonds is 12. The van der Waals surface area contributed by atoms with Gasteiger partial charge in [0.1, 0.15) is 6.04 Å². The van der Waals surface area contributed by atoms with Crippen LogP contribution in [0.1, 0.15) is 57.4 Å². The molecule has 0 aliphatic carbocycles. The van der Waals surface area contributed by atoms with Crippen molar-refractivity contribution in [2.24, 2.45) is 0 Å². The van der Waals surface area contributed by atoms with Crippen LogP contribution in [-0.2, 0) is 21.0 Å². The second kappa shape index (κ2) is 12.2. The zero-order chi connectivity index (χ0) is 16.0. The van der Waals surface area contributed by atoms with Crippen molar-refractivity contribution in [3.8, 4) is 0 Å². The number of nitrogens with one attached hydrogen (secondary N) is 1. The van der Waals surface area contributed by atoms with E-state index in [4.69, 9.17) is 9.57 Å². The average Bonchev–Trinajstić information content (AvgIpc) is 2.56. The number of hydrogen-bond acceptors (Lipinski definition) is 4. The fourth-order valence-electron chi connectivity index (χ4n) is 2.30. The fourth-order valence-corrected chi connectivity index (χ4v) is 2.30. The van der Waals surface area contributed by atoms with Crippen LogP contribution in [0.2, 0.25) is 0 Å². The number of ether oxygens (including phenoxy) is 1. The zero-order valence-electron chi connectivity index (χ0n) is 13.8. The summed E-state index contributed by atoms with van der Waals surface area (Å²) < 4.78 is 4.83. The number of hydrogen-bond donors (Lipinski definition) is 1. The van der Waals surface area contributed by atoms with Crippen LogP contribution in [0.4, 0.5) is 0 Å². The lowest BCUT2D eigenvalue weighted by Crippen LogP contribution is -2.37. The summed E-state index contributed by atoms with van der Waals surface area (Å²) >= 11 is 0. The van der Waals surface area contributed by atoms with E-state index in [1.807, 2.05) is 30.3 Å². The van der Waals surface area contributed by atoms with E-state index in [0.717, 1.165) is 24.8 Å². The molecule has 0 saturated carbocycles. The molecule has 0 heterocycles. The van der Waals surface area contributed by atoms with Crippen molar-refractivity contribution in [2.45, 2.75) is 64.5 Å². The molecule has 0 aliphatic heterocycles. The van der Waals surface area contributed by atoms with Crippen molar-refractivity contribution in [3.05, 3.63) is 35.9 Å². The van der Waals surface area contributed by atoms with Crippen LogP contribution in [-0.4, -0.2) is 19.1 Å². The van der Waals surface area contributed by atoms with Gasteiger partial charge < -0.3 is 4.74 Å². The minimum Gasteiger partial charge on any atom is -0.468 e. The first-order valence-corrected chi connectivity index (χ1v) is 8.27. The molecule has 0 fully saturated rings. The summed E-state index contributed by atoms with van der Waals surface area (Å²) in [6.45, 7) is 2.64. The van der Waals surface area contributed by atoms with E-state index in [0.29, 0.717) is 6.61 Å². The molecule has 0 saturated heterocycles. The van der Waals surface area contributed by atoms with E-state index in [2.05, 4.69) is 12.4 Å². The summed E-state index contributed by atoms with van der Waals surface area (Å²) in [5.74, 6) is -0.262. The third-order valence-corrected chi connectivity index (χ3v) is 3.64. The molecule has 22 heavy (non-hydrogen) atoms. The maximum absolute atomic E-state index is 11.8. The molecule has 0 aliphatic rings. The van der Waals surface area contributed by atoms with Crippen LogP contribution < -0.4 is 5.48 Å². The van der Waals surface area contributed by atoms with Gasteiger partial charge in [-0.2, -0.15) is 5.48 Å². The van der Waals surface area contributed by atoms with Crippen LogP contribution in [0, 0.1) is 0 Å². The van der Waals surface area contributed by atoms with Crippen molar-refractivity contribution < 1.29 is 14.4 Å². The minimum absolute atomic E-state index is 0.262. The number of methoxy groups -OCH3 is 1. The van der Waals surface area contributed by atoms with E-state index in [1.54, 1.807) is 0 Å². The van der Waals surface area contributed by atoms with E-state index in [-0.39, 0.29) is 12.0 Å². The highest BCUT2D eigenvalue weighted by Gasteiger charge is 2.18. The predicted octanol–water partition coefficient (Wildman–Crippen LogP) is 4.00. The van der Waals surface area contributed by atoms with Crippen molar-refractivity contribution in [1.82, 2.24) is 5.48 Å². The Kier molecular flexibility index (Phi) is 10.3. The number of esters is 1. The Morgan fingerprint density at radius 2 is 1.77 bits per heavy atom.